The van der Waals surface area contributed by atoms with Gasteiger partial charge >= 0.3 is 6.18 Å². The average molecular weight is 249 g/mol. The average Bonchev–Trinajstić information content (AvgIpc) is 2.26. The summed E-state index contributed by atoms with van der Waals surface area (Å²) < 4.78 is 42.9. The molecule has 0 aliphatic carbocycles. The summed E-state index contributed by atoms with van der Waals surface area (Å²) in [6.45, 7) is 1.13. The number of methoxy groups -OCH3 is 1. The fraction of sp³-hybridized carbons (Fsp3) is 0.455. The second-order valence-corrected chi connectivity index (χ2v) is 3.86. The van der Waals surface area contributed by atoms with Crippen molar-refractivity contribution in [2.45, 2.75) is 18.7 Å². The van der Waals surface area contributed by atoms with Gasteiger partial charge < -0.3 is 15.6 Å². The summed E-state index contributed by atoms with van der Waals surface area (Å²) in [4.78, 5) is 0. The van der Waals surface area contributed by atoms with E-state index in [0.717, 1.165) is 13.2 Å². The predicted molar refractivity (Wildman–Crippen MR) is 56.6 cm³/mol. The highest BCUT2D eigenvalue weighted by molar-refractivity contribution is 5.46. The van der Waals surface area contributed by atoms with Crippen molar-refractivity contribution in [2.24, 2.45) is 5.73 Å². The van der Waals surface area contributed by atoms with Gasteiger partial charge in [0.05, 0.1) is 12.7 Å². The van der Waals surface area contributed by atoms with Gasteiger partial charge in [-0.2, -0.15) is 13.2 Å². The Morgan fingerprint density at radius 1 is 1.29 bits per heavy atom. The number of hydrogen-bond donors (Lipinski definition) is 2. The first kappa shape index (κ1) is 13.8. The molecule has 0 aromatic heterocycles. The van der Waals surface area contributed by atoms with Crippen molar-refractivity contribution in [3.8, 4) is 5.75 Å². The Kier molecular flexibility index (Phi) is 3.68. The van der Waals surface area contributed by atoms with Crippen molar-refractivity contribution in [1.82, 2.24) is 0 Å². The maximum Gasteiger partial charge on any atom is 0.419 e. The molecule has 0 aliphatic heterocycles. The van der Waals surface area contributed by atoms with E-state index in [1.807, 2.05) is 0 Å². The highest BCUT2D eigenvalue weighted by Gasteiger charge is 2.37. The van der Waals surface area contributed by atoms with Crippen LogP contribution in [0.5, 0.6) is 5.75 Å². The Morgan fingerprint density at radius 3 is 2.24 bits per heavy atom. The van der Waals surface area contributed by atoms with Crippen LogP contribution in [-0.4, -0.2) is 18.8 Å². The molecule has 17 heavy (non-hydrogen) atoms. The summed E-state index contributed by atoms with van der Waals surface area (Å²) in [6, 6.07) is 3.47. The van der Waals surface area contributed by atoms with Crippen LogP contribution in [0.4, 0.5) is 13.2 Å². The zero-order valence-corrected chi connectivity index (χ0v) is 9.51. The van der Waals surface area contributed by atoms with E-state index in [2.05, 4.69) is 0 Å². The van der Waals surface area contributed by atoms with Gasteiger partial charge in [-0.15, -0.1) is 0 Å². The highest BCUT2D eigenvalue weighted by Crippen LogP contribution is 2.41. The summed E-state index contributed by atoms with van der Waals surface area (Å²) in [7, 11) is 1.13. The lowest BCUT2D eigenvalue weighted by Gasteiger charge is -2.25. The molecule has 0 heterocycles. The monoisotopic (exact) mass is 249 g/mol. The molecule has 1 rings (SSSR count). The maximum atomic E-state index is 12.7. The molecule has 0 aliphatic rings. The third kappa shape index (κ3) is 2.70. The second kappa shape index (κ2) is 4.54. The second-order valence-electron chi connectivity index (χ2n) is 3.86. The molecular weight excluding hydrogens is 235 g/mol. The van der Waals surface area contributed by atoms with Gasteiger partial charge in [0.1, 0.15) is 11.4 Å². The molecule has 0 bridgehead atoms. The summed E-state index contributed by atoms with van der Waals surface area (Å²) in [6.07, 6.45) is -4.54. The van der Waals surface area contributed by atoms with E-state index in [1.54, 1.807) is 0 Å². The topological polar surface area (TPSA) is 55.5 Å². The van der Waals surface area contributed by atoms with Crippen LogP contribution in [0.25, 0.3) is 0 Å². The molecule has 0 amide bonds. The number of benzene rings is 1. The number of hydrogen-bond acceptors (Lipinski definition) is 3. The molecule has 0 saturated carbocycles. The lowest BCUT2D eigenvalue weighted by Crippen LogP contribution is -2.32. The Hall–Kier alpha value is -1.27. The zero-order valence-electron chi connectivity index (χ0n) is 9.51. The lowest BCUT2D eigenvalue weighted by molar-refractivity contribution is -0.139. The molecular formula is C11H14F3NO2. The van der Waals surface area contributed by atoms with Gasteiger partial charge in [-0.3, -0.25) is 0 Å². The Labute approximate surface area is 97.0 Å². The lowest BCUT2D eigenvalue weighted by atomic mass is 9.93. The third-order valence-corrected chi connectivity index (χ3v) is 2.50. The van der Waals surface area contributed by atoms with Crippen LogP contribution in [0, 0.1) is 0 Å². The Bertz CT molecular complexity index is 402. The van der Waals surface area contributed by atoms with E-state index < -0.39 is 23.1 Å². The normalized spacial score (nSPS) is 15.5. The number of alkyl halides is 3. The Balaban J connectivity index is 3.44. The SMILES string of the molecule is COc1c(C(F)(F)F)cccc1C(C)(O)CN. The van der Waals surface area contributed by atoms with Crippen molar-refractivity contribution in [3.63, 3.8) is 0 Å². The van der Waals surface area contributed by atoms with E-state index in [-0.39, 0.29) is 12.1 Å². The minimum Gasteiger partial charge on any atom is -0.496 e. The van der Waals surface area contributed by atoms with Crippen molar-refractivity contribution in [2.75, 3.05) is 13.7 Å². The number of nitrogens with two attached hydrogens (primary N) is 1. The summed E-state index contributed by atoms with van der Waals surface area (Å²) in [5, 5.41) is 9.92. The summed E-state index contributed by atoms with van der Waals surface area (Å²) in [5.41, 5.74) is 2.87. The smallest absolute Gasteiger partial charge is 0.419 e. The molecule has 0 radical (unpaired) electrons. The van der Waals surface area contributed by atoms with Crippen molar-refractivity contribution in [1.29, 1.82) is 0 Å². The quantitative estimate of drug-likeness (QED) is 0.860. The van der Waals surface area contributed by atoms with Crippen molar-refractivity contribution in [3.05, 3.63) is 29.3 Å². The van der Waals surface area contributed by atoms with E-state index in [0.29, 0.717) is 0 Å². The van der Waals surface area contributed by atoms with Gasteiger partial charge in [-0.1, -0.05) is 12.1 Å². The van der Waals surface area contributed by atoms with Crippen LogP contribution >= 0.6 is 0 Å². The predicted octanol–water partition coefficient (Wildman–Crippen LogP) is 1.88. The first-order valence-corrected chi connectivity index (χ1v) is 4.91. The largest absolute Gasteiger partial charge is 0.496 e. The Morgan fingerprint density at radius 2 is 1.82 bits per heavy atom. The van der Waals surface area contributed by atoms with Crippen LogP contribution in [0.2, 0.25) is 0 Å². The van der Waals surface area contributed by atoms with E-state index in [1.165, 1.54) is 19.1 Å². The summed E-state index contributed by atoms with van der Waals surface area (Å²) >= 11 is 0. The van der Waals surface area contributed by atoms with Crippen LogP contribution in [0.1, 0.15) is 18.1 Å². The van der Waals surface area contributed by atoms with Gasteiger partial charge in [0.15, 0.2) is 0 Å². The molecule has 1 unspecified atom stereocenters. The van der Waals surface area contributed by atoms with Gasteiger partial charge in [0, 0.05) is 12.1 Å². The number of halogens is 3. The van der Waals surface area contributed by atoms with Crippen LogP contribution in [-0.2, 0) is 11.8 Å². The fourth-order valence-electron chi connectivity index (χ4n) is 1.51. The van der Waals surface area contributed by atoms with E-state index in [9.17, 15) is 18.3 Å². The van der Waals surface area contributed by atoms with Crippen LogP contribution in [0.3, 0.4) is 0 Å². The van der Waals surface area contributed by atoms with E-state index in [4.69, 9.17) is 10.5 Å². The first-order valence-electron chi connectivity index (χ1n) is 4.91. The zero-order chi connectivity index (χ0) is 13.3. The molecule has 0 saturated heterocycles. The van der Waals surface area contributed by atoms with Gasteiger partial charge in [-0.05, 0) is 13.0 Å². The number of rotatable bonds is 3. The molecule has 1 aromatic rings. The van der Waals surface area contributed by atoms with Gasteiger partial charge in [0.2, 0.25) is 0 Å². The highest BCUT2D eigenvalue weighted by atomic mass is 19.4. The molecule has 6 heteroatoms. The van der Waals surface area contributed by atoms with Gasteiger partial charge in [-0.25, -0.2) is 0 Å². The van der Waals surface area contributed by atoms with Crippen molar-refractivity contribution >= 4 is 0 Å². The number of aliphatic hydroxyl groups is 1. The molecule has 1 atom stereocenters. The molecule has 0 fully saturated rings. The fourth-order valence-corrected chi connectivity index (χ4v) is 1.51. The number of ether oxygens (including phenoxy) is 1. The van der Waals surface area contributed by atoms with E-state index >= 15 is 0 Å². The van der Waals surface area contributed by atoms with Crippen LogP contribution in [0.15, 0.2) is 18.2 Å². The standard InChI is InChI=1S/C11H14F3NO2/c1-10(16,6-15)7-4-3-5-8(9(7)17-2)11(12,13)14/h3-5,16H,6,15H2,1-2H3. The molecule has 1 aromatic carbocycles. The summed E-state index contributed by atoms with van der Waals surface area (Å²) in [5.74, 6) is -0.393. The van der Waals surface area contributed by atoms with Crippen LogP contribution < -0.4 is 10.5 Å². The molecule has 96 valence electrons. The number of para-hydroxylation sites is 1. The van der Waals surface area contributed by atoms with Crippen molar-refractivity contribution < 1.29 is 23.0 Å². The minimum absolute atomic E-state index is 0.0253. The molecule has 3 N–H and O–H groups in total. The first-order chi connectivity index (χ1) is 7.74. The maximum absolute atomic E-state index is 12.7. The third-order valence-electron chi connectivity index (χ3n) is 2.50. The minimum atomic E-state index is -4.54. The molecule has 0 spiro atoms. The molecule has 3 nitrogen and oxygen atoms in total. The van der Waals surface area contributed by atoms with Gasteiger partial charge in [0.25, 0.3) is 0 Å².